The van der Waals surface area contributed by atoms with Crippen molar-refractivity contribution >= 4 is 17.6 Å². The van der Waals surface area contributed by atoms with Crippen molar-refractivity contribution in [3.63, 3.8) is 0 Å². The second-order valence-electron chi connectivity index (χ2n) is 9.60. The second kappa shape index (κ2) is 11.2. The summed E-state index contributed by atoms with van der Waals surface area (Å²) in [7, 11) is 0. The Morgan fingerprint density at radius 1 is 1.00 bits per heavy atom. The molecule has 0 saturated carbocycles. The van der Waals surface area contributed by atoms with E-state index in [4.69, 9.17) is 21.7 Å². The highest BCUT2D eigenvalue weighted by molar-refractivity contribution is 5.96. The molecule has 0 spiro atoms. The summed E-state index contributed by atoms with van der Waals surface area (Å²) < 4.78 is 1.51. The molecule has 0 bridgehead atoms. The molecule has 5 rings (SSSR count). The van der Waals surface area contributed by atoms with Crippen LogP contribution in [0.1, 0.15) is 52.0 Å². The Hall–Kier alpha value is -4.92. The predicted octanol–water partition coefficient (Wildman–Crippen LogP) is 3.15. The average Bonchev–Trinajstić information content (AvgIpc) is 3.43. The molecule has 1 aliphatic rings. The summed E-state index contributed by atoms with van der Waals surface area (Å²) in [5.74, 6) is -0.344. The normalized spacial score (nSPS) is 14.8. The van der Waals surface area contributed by atoms with Gasteiger partial charge in [-0.15, -0.1) is 0 Å². The molecular formula is C30H30N6O3. The zero-order valence-corrected chi connectivity index (χ0v) is 21.3. The minimum atomic E-state index is -0.711. The van der Waals surface area contributed by atoms with Gasteiger partial charge in [0, 0.05) is 30.1 Å². The van der Waals surface area contributed by atoms with Crippen molar-refractivity contribution in [3.8, 4) is 0 Å². The number of primary amides is 1. The number of oxime groups is 1. The molecule has 1 atom stereocenters. The van der Waals surface area contributed by atoms with E-state index in [2.05, 4.69) is 34.7 Å². The number of benzene rings is 3. The van der Waals surface area contributed by atoms with Crippen molar-refractivity contribution in [1.82, 2.24) is 9.55 Å². The van der Waals surface area contributed by atoms with E-state index in [1.165, 1.54) is 4.57 Å². The summed E-state index contributed by atoms with van der Waals surface area (Å²) in [6.45, 7) is 0.435. The van der Waals surface area contributed by atoms with Crippen molar-refractivity contribution in [2.45, 2.75) is 31.2 Å². The first-order chi connectivity index (χ1) is 19.0. The average molecular weight is 523 g/mol. The number of nitrogens with zero attached hydrogens (tertiary/aromatic N) is 3. The van der Waals surface area contributed by atoms with E-state index in [0.29, 0.717) is 37.1 Å². The van der Waals surface area contributed by atoms with Crippen LogP contribution in [0.4, 0.5) is 5.82 Å². The summed E-state index contributed by atoms with van der Waals surface area (Å²) in [5, 5.41) is 15.3. The van der Waals surface area contributed by atoms with Crippen LogP contribution in [0.3, 0.4) is 0 Å². The van der Waals surface area contributed by atoms with Crippen molar-refractivity contribution in [1.29, 1.82) is 0 Å². The van der Waals surface area contributed by atoms with Crippen LogP contribution in [0.5, 0.6) is 0 Å². The molecule has 9 nitrogen and oxygen atoms in total. The van der Waals surface area contributed by atoms with Gasteiger partial charge in [0.15, 0.2) is 11.7 Å². The molecule has 1 amide bonds. The summed E-state index contributed by atoms with van der Waals surface area (Å²) >= 11 is 0. The number of carbonyl (C=O) groups is 1. The van der Waals surface area contributed by atoms with E-state index in [-0.39, 0.29) is 23.1 Å². The number of anilines is 1. The van der Waals surface area contributed by atoms with Gasteiger partial charge in [-0.25, -0.2) is 4.98 Å². The number of nitrogens with one attached hydrogen (secondary N) is 1. The van der Waals surface area contributed by atoms with E-state index < -0.39 is 11.9 Å². The van der Waals surface area contributed by atoms with Crippen LogP contribution in [-0.2, 0) is 17.6 Å². The minimum absolute atomic E-state index is 0.0200. The fraction of sp³-hybridized carbons (Fsp3) is 0.200. The van der Waals surface area contributed by atoms with Crippen LogP contribution in [0.15, 0.2) is 94.9 Å². The quantitative estimate of drug-likeness (QED) is 0.115. The number of aromatic nitrogens is 2. The Morgan fingerprint density at radius 3 is 2.18 bits per heavy atom. The van der Waals surface area contributed by atoms with Gasteiger partial charge in [0.1, 0.15) is 6.04 Å². The molecular weight excluding hydrogens is 492 g/mol. The fourth-order valence-electron chi connectivity index (χ4n) is 5.19. The van der Waals surface area contributed by atoms with Crippen molar-refractivity contribution in [3.05, 3.63) is 129 Å². The highest BCUT2D eigenvalue weighted by Crippen LogP contribution is 2.29. The molecule has 0 fully saturated rings. The Labute approximate surface area is 225 Å². The predicted molar refractivity (Wildman–Crippen MR) is 150 cm³/mol. The van der Waals surface area contributed by atoms with Crippen LogP contribution in [0.25, 0.3) is 0 Å². The fourth-order valence-corrected chi connectivity index (χ4v) is 5.19. The number of rotatable bonds is 9. The molecule has 4 aromatic rings. The third-order valence-electron chi connectivity index (χ3n) is 7.19. The SMILES string of the molecule is NC(=O)C1CCc2c(Cc3ccc(C(N)=NO)cc3)nc(NCC(c3ccccc3)c3ccccc3)c(=O)n21. The van der Waals surface area contributed by atoms with E-state index >= 15 is 0 Å². The molecule has 1 aliphatic heterocycles. The van der Waals surface area contributed by atoms with E-state index in [9.17, 15) is 9.59 Å². The largest absolute Gasteiger partial charge is 0.409 e. The Balaban J connectivity index is 1.50. The molecule has 2 heterocycles. The third-order valence-corrected chi connectivity index (χ3v) is 7.19. The van der Waals surface area contributed by atoms with Crippen molar-refractivity contribution in [2.75, 3.05) is 11.9 Å². The third kappa shape index (κ3) is 5.38. The van der Waals surface area contributed by atoms with Gasteiger partial charge in [-0.05, 0) is 29.5 Å². The summed E-state index contributed by atoms with van der Waals surface area (Å²) in [6, 6.07) is 26.7. The lowest BCUT2D eigenvalue weighted by atomic mass is 9.91. The van der Waals surface area contributed by atoms with Gasteiger partial charge in [-0.3, -0.25) is 14.2 Å². The molecule has 3 aromatic carbocycles. The second-order valence-corrected chi connectivity index (χ2v) is 9.60. The Bertz CT molecular complexity index is 1510. The molecule has 39 heavy (non-hydrogen) atoms. The molecule has 0 radical (unpaired) electrons. The van der Waals surface area contributed by atoms with Gasteiger partial charge in [0.05, 0.1) is 5.69 Å². The topological polar surface area (TPSA) is 149 Å². The van der Waals surface area contributed by atoms with Gasteiger partial charge >= 0.3 is 0 Å². The highest BCUT2D eigenvalue weighted by Gasteiger charge is 2.32. The van der Waals surface area contributed by atoms with E-state index in [1.54, 1.807) is 12.1 Å². The molecule has 1 aromatic heterocycles. The zero-order valence-electron chi connectivity index (χ0n) is 21.3. The summed E-state index contributed by atoms with van der Waals surface area (Å²) in [6.07, 6.45) is 1.43. The highest BCUT2D eigenvalue weighted by atomic mass is 16.4. The number of hydrogen-bond acceptors (Lipinski definition) is 6. The van der Waals surface area contributed by atoms with Gasteiger partial charge in [0.25, 0.3) is 5.56 Å². The van der Waals surface area contributed by atoms with Gasteiger partial charge in [0.2, 0.25) is 5.91 Å². The van der Waals surface area contributed by atoms with Gasteiger partial charge < -0.3 is 22.0 Å². The summed E-state index contributed by atoms with van der Waals surface area (Å²) in [5.41, 5.74) is 16.2. The number of amides is 1. The number of carbonyl (C=O) groups excluding carboxylic acids is 1. The molecule has 0 aliphatic carbocycles. The maximum Gasteiger partial charge on any atom is 0.294 e. The van der Waals surface area contributed by atoms with Crippen LogP contribution >= 0.6 is 0 Å². The number of amidine groups is 1. The minimum Gasteiger partial charge on any atom is -0.409 e. The lowest BCUT2D eigenvalue weighted by Gasteiger charge is -2.21. The molecule has 9 heteroatoms. The lowest BCUT2D eigenvalue weighted by Crippen LogP contribution is -2.35. The molecule has 6 N–H and O–H groups in total. The first kappa shape index (κ1) is 25.7. The first-order valence-corrected chi connectivity index (χ1v) is 12.8. The standard InChI is InChI=1S/C30H30N6O3/c31-27(35-39)22-13-11-19(12-14-22)17-24-25-15-16-26(28(32)37)36(25)30(38)29(34-24)33-18-23(20-7-3-1-4-8-20)21-9-5-2-6-10-21/h1-14,23,26,39H,15-18H2,(H2,31,35)(H2,32,37)(H,33,34). The lowest BCUT2D eigenvalue weighted by molar-refractivity contribution is -0.121. The number of fused-ring (bicyclic) bond motifs is 1. The van der Waals surface area contributed by atoms with Crippen LogP contribution < -0.4 is 22.3 Å². The number of nitrogens with two attached hydrogens (primary N) is 2. The molecule has 1 unspecified atom stereocenters. The zero-order chi connectivity index (χ0) is 27.4. The summed E-state index contributed by atoms with van der Waals surface area (Å²) in [4.78, 5) is 30.6. The van der Waals surface area contributed by atoms with Crippen molar-refractivity contribution < 1.29 is 10.0 Å². The Morgan fingerprint density at radius 2 is 1.62 bits per heavy atom. The maximum atomic E-state index is 13.6. The van der Waals surface area contributed by atoms with Crippen LogP contribution in [-0.4, -0.2) is 33.0 Å². The van der Waals surface area contributed by atoms with Gasteiger partial charge in [-0.2, -0.15) is 0 Å². The van der Waals surface area contributed by atoms with Crippen LogP contribution in [0, 0.1) is 0 Å². The first-order valence-electron chi connectivity index (χ1n) is 12.8. The maximum absolute atomic E-state index is 13.6. The molecule has 198 valence electrons. The Kier molecular flexibility index (Phi) is 7.40. The van der Waals surface area contributed by atoms with E-state index in [0.717, 1.165) is 22.4 Å². The van der Waals surface area contributed by atoms with Gasteiger partial charge in [-0.1, -0.05) is 90.1 Å². The van der Waals surface area contributed by atoms with Crippen LogP contribution in [0.2, 0.25) is 0 Å². The number of hydrogen-bond donors (Lipinski definition) is 4. The molecule has 0 saturated heterocycles. The van der Waals surface area contributed by atoms with E-state index in [1.807, 2.05) is 48.5 Å². The monoisotopic (exact) mass is 522 g/mol. The van der Waals surface area contributed by atoms with Crippen molar-refractivity contribution in [2.24, 2.45) is 16.6 Å². The smallest absolute Gasteiger partial charge is 0.294 e.